The van der Waals surface area contributed by atoms with Gasteiger partial charge in [-0.05, 0) is 36.8 Å². The molecule has 0 amide bonds. The predicted molar refractivity (Wildman–Crippen MR) is 77.7 cm³/mol. The average molecular weight is 323 g/mol. The Morgan fingerprint density at radius 2 is 1.95 bits per heavy atom. The number of fused-ring (bicyclic) bond motifs is 1. The maximum atomic E-state index is 11.3. The van der Waals surface area contributed by atoms with Gasteiger partial charge in [-0.2, -0.15) is 0 Å². The number of hydrogen-bond acceptors (Lipinski definition) is 3. The molecule has 0 fully saturated rings. The Balaban J connectivity index is 2.55. The van der Waals surface area contributed by atoms with E-state index >= 15 is 0 Å². The van der Waals surface area contributed by atoms with Crippen LogP contribution in [0.1, 0.15) is 36.0 Å². The summed E-state index contributed by atoms with van der Waals surface area (Å²) in [6.07, 6.45) is 5.20. The minimum Gasteiger partial charge on any atom is -0.495 e. The number of methoxy groups -OCH3 is 1. The van der Waals surface area contributed by atoms with Crippen LogP contribution in [0.2, 0.25) is 5.02 Å². The average Bonchev–Trinajstić information content (AvgIpc) is 2.52. The molecule has 0 saturated heterocycles. The number of benzene rings is 1. The molecule has 1 aromatic rings. The Labute approximate surface area is 123 Å². The van der Waals surface area contributed by atoms with E-state index in [0.29, 0.717) is 16.3 Å². The second kappa shape index (κ2) is 5.90. The second-order valence-corrected chi connectivity index (χ2v) is 7.92. The van der Waals surface area contributed by atoms with E-state index in [1.807, 2.05) is 6.07 Å². The van der Waals surface area contributed by atoms with Gasteiger partial charge in [0.1, 0.15) is 5.75 Å². The zero-order chi connectivity index (χ0) is 14.0. The highest BCUT2D eigenvalue weighted by molar-refractivity contribution is 8.13. The summed E-state index contributed by atoms with van der Waals surface area (Å²) >= 11 is 6.37. The molecule has 0 unspecified atom stereocenters. The standard InChI is InChI=1S/C13H16Cl2O3S/c1-18-13-10(8-19(15,16)17)7-9-5-3-2-4-6-11(9)12(13)14/h7H,2-6,8H2,1H3. The van der Waals surface area contributed by atoms with Crippen molar-refractivity contribution in [1.29, 1.82) is 0 Å². The lowest BCUT2D eigenvalue weighted by molar-refractivity contribution is 0.410. The van der Waals surface area contributed by atoms with Crippen LogP contribution in [0.5, 0.6) is 5.75 Å². The Morgan fingerprint density at radius 3 is 2.58 bits per heavy atom. The minimum atomic E-state index is -3.63. The molecular weight excluding hydrogens is 307 g/mol. The minimum absolute atomic E-state index is 0.259. The van der Waals surface area contributed by atoms with Crippen molar-refractivity contribution in [2.45, 2.75) is 37.9 Å². The van der Waals surface area contributed by atoms with Gasteiger partial charge in [0.25, 0.3) is 0 Å². The summed E-state index contributed by atoms with van der Waals surface area (Å²) in [6, 6.07) is 1.88. The van der Waals surface area contributed by atoms with Crippen molar-refractivity contribution in [2.24, 2.45) is 0 Å². The lowest BCUT2D eigenvalue weighted by atomic mass is 9.99. The Morgan fingerprint density at radius 1 is 1.26 bits per heavy atom. The van der Waals surface area contributed by atoms with Crippen LogP contribution in [0.25, 0.3) is 0 Å². The highest BCUT2D eigenvalue weighted by Gasteiger charge is 2.21. The molecule has 1 aliphatic carbocycles. The predicted octanol–water partition coefficient (Wildman–Crippen LogP) is 3.69. The molecule has 6 heteroatoms. The Kier molecular flexibility index (Phi) is 4.64. The first kappa shape index (κ1) is 14.9. The van der Waals surface area contributed by atoms with Crippen LogP contribution in [0, 0.1) is 0 Å². The molecule has 0 aliphatic heterocycles. The van der Waals surface area contributed by atoms with E-state index < -0.39 is 9.05 Å². The molecule has 3 nitrogen and oxygen atoms in total. The van der Waals surface area contributed by atoms with Gasteiger partial charge < -0.3 is 4.74 Å². The maximum absolute atomic E-state index is 11.3. The van der Waals surface area contributed by atoms with Gasteiger partial charge in [0.05, 0.1) is 17.9 Å². The normalized spacial score (nSPS) is 15.7. The van der Waals surface area contributed by atoms with Gasteiger partial charge in [-0.1, -0.05) is 24.1 Å². The van der Waals surface area contributed by atoms with E-state index in [-0.39, 0.29) is 5.75 Å². The Hall–Kier alpha value is -0.450. The number of aryl methyl sites for hydroxylation is 1. The van der Waals surface area contributed by atoms with Crippen molar-refractivity contribution in [3.8, 4) is 5.75 Å². The van der Waals surface area contributed by atoms with E-state index in [1.54, 1.807) is 0 Å². The molecule has 0 bridgehead atoms. The van der Waals surface area contributed by atoms with Gasteiger partial charge in [-0.3, -0.25) is 0 Å². The van der Waals surface area contributed by atoms with Gasteiger partial charge in [0.2, 0.25) is 9.05 Å². The maximum Gasteiger partial charge on any atom is 0.236 e. The summed E-state index contributed by atoms with van der Waals surface area (Å²) in [5, 5.41) is 0.539. The van der Waals surface area contributed by atoms with Crippen molar-refractivity contribution in [3.05, 3.63) is 27.8 Å². The van der Waals surface area contributed by atoms with Crippen LogP contribution in [-0.2, 0) is 27.6 Å². The summed E-state index contributed by atoms with van der Waals surface area (Å²) in [5.74, 6) is 0.177. The second-order valence-electron chi connectivity index (χ2n) is 4.76. The fourth-order valence-corrected chi connectivity index (χ4v) is 3.94. The fourth-order valence-electron chi connectivity index (χ4n) is 2.58. The highest BCUT2D eigenvalue weighted by atomic mass is 35.7. The largest absolute Gasteiger partial charge is 0.495 e. The summed E-state index contributed by atoms with van der Waals surface area (Å²) in [5.41, 5.74) is 2.76. The van der Waals surface area contributed by atoms with E-state index in [4.69, 9.17) is 27.0 Å². The quantitative estimate of drug-likeness (QED) is 0.629. The monoisotopic (exact) mass is 322 g/mol. The van der Waals surface area contributed by atoms with Gasteiger partial charge in [0, 0.05) is 16.2 Å². The molecule has 0 N–H and O–H groups in total. The number of hydrogen-bond donors (Lipinski definition) is 0. The first-order valence-electron chi connectivity index (χ1n) is 6.22. The van der Waals surface area contributed by atoms with Gasteiger partial charge in [-0.15, -0.1) is 0 Å². The molecule has 1 aliphatic rings. The number of halogens is 2. The van der Waals surface area contributed by atoms with Crippen LogP contribution < -0.4 is 4.74 Å². The third kappa shape index (κ3) is 3.56. The molecular formula is C13H16Cl2O3S. The molecule has 0 atom stereocenters. The van der Waals surface area contributed by atoms with Crippen LogP contribution in [-0.4, -0.2) is 15.5 Å². The summed E-state index contributed by atoms with van der Waals surface area (Å²) in [6.45, 7) is 0. The fraction of sp³-hybridized carbons (Fsp3) is 0.538. The molecule has 2 rings (SSSR count). The lowest BCUT2D eigenvalue weighted by Gasteiger charge is -2.16. The van der Waals surface area contributed by atoms with Crippen molar-refractivity contribution in [1.82, 2.24) is 0 Å². The molecule has 0 heterocycles. The molecule has 0 spiro atoms. The molecule has 0 saturated carbocycles. The Bertz CT molecular complexity index is 582. The summed E-state index contributed by atoms with van der Waals surface area (Å²) in [4.78, 5) is 0. The third-order valence-electron chi connectivity index (χ3n) is 3.40. The number of ether oxygens (including phenoxy) is 1. The van der Waals surface area contributed by atoms with Crippen LogP contribution in [0.3, 0.4) is 0 Å². The van der Waals surface area contributed by atoms with Gasteiger partial charge >= 0.3 is 0 Å². The van der Waals surface area contributed by atoms with E-state index in [0.717, 1.165) is 43.2 Å². The van der Waals surface area contributed by atoms with E-state index in [1.165, 1.54) is 7.11 Å². The van der Waals surface area contributed by atoms with Crippen LogP contribution >= 0.6 is 22.3 Å². The molecule has 106 valence electrons. The van der Waals surface area contributed by atoms with Crippen LogP contribution in [0.15, 0.2) is 6.07 Å². The number of rotatable bonds is 3. The van der Waals surface area contributed by atoms with Crippen molar-refractivity contribution >= 4 is 31.3 Å². The zero-order valence-corrected chi connectivity index (χ0v) is 13.0. The van der Waals surface area contributed by atoms with Crippen molar-refractivity contribution in [3.63, 3.8) is 0 Å². The topological polar surface area (TPSA) is 43.4 Å². The zero-order valence-electron chi connectivity index (χ0n) is 10.7. The van der Waals surface area contributed by atoms with E-state index in [2.05, 4.69) is 0 Å². The summed E-state index contributed by atoms with van der Waals surface area (Å²) in [7, 11) is 3.20. The molecule has 19 heavy (non-hydrogen) atoms. The highest BCUT2D eigenvalue weighted by Crippen LogP contribution is 2.38. The lowest BCUT2D eigenvalue weighted by Crippen LogP contribution is -2.04. The van der Waals surface area contributed by atoms with Crippen molar-refractivity contribution < 1.29 is 13.2 Å². The molecule has 0 aromatic heterocycles. The molecule has 0 radical (unpaired) electrons. The smallest absolute Gasteiger partial charge is 0.236 e. The van der Waals surface area contributed by atoms with Crippen molar-refractivity contribution in [2.75, 3.05) is 7.11 Å². The van der Waals surface area contributed by atoms with E-state index in [9.17, 15) is 8.42 Å². The summed E-state index contributed by atoms with van der Waals surface area (Å²) < 4.78 is 27.8. The third-order valence-corrected chi connectivity index (χ3v) is 4.78. The van der Waals surface area contributed by atoms with Gasteiger partial charge in [-0.25, -0.2) is 8.42 Å². The SMILES string of the molecule is COc1c(CS(=O)(=O)Cl)cc2c(c1Cl)CCCCC2. The molecule has 1 aromatic carbocycles. The first-order chi connectivity index (χ1) is 8.92. The van der Waals surface area contributed by atoms with Crippen LogP contribution in [0.4, 0.5) is 0 Å². The van der Waals surface area contributed by atoms with Gasteiger partial charge in [0.15, 0.2) is 0 Å². The first-order valence-corrected chi connectivity index (χ1v) is 9.07.